The highest BCUT2D eigenvalue weighted by molar-refractivity contribution is 6.34. The molecule has 3 aromatic rings. The zero-order chi connectivity index (χ0) is 18.9. The van der Waals surface area contributed by atoms with Crippen molar-refractivity contribution in [3.05, 3.63) is 74.7 Å². The summed E-state index contributed by atoms with van der Waals surface area (Å²) in [5.74, 6) is -0.281. The van der Waals surface area contributed by atoms with E-state index in [1.165, 1.54) is 24.3 Å². The molecule has 1 heterocycles. The summed E-state index contributed by atoms with van der Waals surface area (Å²) in [6.45, 7) is 0. The molecule has 0 aliphatic rings. The molecule has 0 saturated carbocycles. The van der Waals surface area contributed by atoms with Crippen LogP contribution >= 0.6 is 11.6 Å². The van der Waals surface area contributed by atoms with E-state index in [1.807, 2.05) is 0 Å². The number of hydrogen-bond donors (Lipinski definition) is 1. The third-order valence-corrected chi connectivity index (χ3v) is 4.25. The topological polar surface area (TPSA) is 62.8 Å². The molecule has 3 rings (SSSR count). The molecule has 134 valence electrons. The summed E-state index contributed by atoms with van der Waals surface area (Å²) in [5, 5.41) is 6.63. The Morgan fingerprint density at radius 1 is 1.12 bits per heavy atom. The minimum atomic E-state index is -4.42. The fourth-order valence-electron chi connectivity index (χ4n) is 2.61. The fraction of sp³-hybridized carbons (Fsp3) is 0.167. The summed E-state index contributed by atoms with van der Waals surface area (Å²) in [4.78, 5) is 24.2. The molecule has 1 N–H and O–H groups in total. The zero-order valence-corrected chi connectivity index (χ0v) is 14.0. The lowest BCUT2D eigenvalue weighted by Crippen LogP contribution is -2.10. The van der Waals surface area contributed by atoms with Gasteiger partial charge in [0.05, 0.1) is 10.9 Å². The maximum atomic E-state index is 12.7. The van der Waals surface area contributed by atoms with Crippen LogP contribution in [0.2, 0.25) is 5.15 Å². The Balaban J connectivity index is 1.80. The normalized spacial score (nSPS) is 11.7. The van der Waals surface area contributed by atoms with E-state index >= 15 is 0 Å². The van der Waals surface area contributed by atoms with Crippen LogP contribution in [0.25, 0.3) is 10.8 Å². The standard InChI is InChI=1S/C18H12ClF3N2O2/c19-16-13-6-5-11(9-14(13)17(26)24-23-16)15(25)7-4-10-2-1-3-12(8-10)18(20,21)22/h1-3,5-6,8-9H,4,7H2,(H,24,26). The molecule has 0 saturated heterocycles. The molecule has 0 atom stereocenters. The monoisotopic (exact) mass is 380 g/mol. The summed E-state index contributed by atoms with van der Waals surface area (Å²) in [6, 6.07) is 9.33. The number of ketones is 1. The van der Waals surface area contributed by atoms with Crippen molar-refractivity contribution in [2.24, 2.45) is 0 Å². The second kappa shape index (κ2) is 6.92. The van der Waals surface area contributed by atoms with E-state index in [0.29, 0.717) is 10.9 Å². The van der Waals surface area contributed by atoms with E-state index in [2.05, 4.69) is 10.2 Å². The maximum Gasteiger partial charge on any atom is 0.416 e. The van der Waals surface area contributed by atoms with Crippen LogP contribution in [-0.2, 0) is 12.6 Å². The summed E-state index contributed by atoms with van der Waals surface area (Å²) in [5.41, 5.74) is -0.518. The van der Waals surface area contributed by atoms with Gasteiger partial charge in [-0.15, -0.1) is 0 Å². The van der Waals surface area contributed by atoms with Crippen molar-refractivity contribution in [2.45, 2.75) is 19.0 Å². The Bertz CT molecular complexity index is 1040. The van der Waals surface area contributed by atoms with Crippen LogP contribution in [0.15, 0.2) is 47.3 Å². The van der Waals surface area contributed by atoms with E-state index < -0.39 is 17.3 Å². The molecule has 0 radical (unpaired) electrons. The van der Waals surface area contributed by atoms with Gasteiger partial charge in [0.1, 0.15) is 0 Å². The number of benzene rings is 2. The molecule has 4 nitrogen and oxygen atoms in total. The van der Waals surface area contributed by atoms with Crippen LogP contribution in [0, 0.1) is 0 Å². The number of rotatable bonds is 4. The molecule has 0 aliphatic carbocycles. The lowest BCUT2D eigenvalue weighted by atomic mass is 10.00. The number of nitrogens with one attached hydrogen (secondary N) is 1. The Labute approximate surface area is 150 Å². The highest BCUT2D eigenvalue weighted by Gasteiger charge is 2.30. The van der Waals surface area contributed by atoms with Gasteiger partial charge in [0.2, 0.25) is 0 Å². The number of fused-ring (bicyclic) bond motifs is 1. The van der Waals surface area contributed by atoms with Crippen molar-refractivity contribution >= 4 is 28.2 Å². The summed E-state index contributed by atoms with van der Waals surface area (Å²) in [7, 11) is 0. The van der Waals surface area contributed by atoms with E-state index in [-0.39, 0.29) is 34.7 Å². The first-order valence-electron chi connectivity index (χ1n) is 7.63. The third kappa shape index (κ3) is 3.77. The predicted octanol–water partition coefficient (Wildman–Crippen LogP) is 4.41. The molecule has 2 aromatic carbocycles. The number of alkyl halides is 3. The van der Waals surface area contributed by atoms with Gasteiger partial charge < -0.3 is 0 Å². The largest absolute Gasteiger partial charge is 0.416 e. The first-order chi connectivity index (χ1) is 12.3. The number of H-pyrrole nitrogens is 1. The Hall–Kier alpha value is -2.67. The lowest BCUT2D eigenvalue weighted by Gasteiger charge is -2.08. The smallest absolute Gasteiger partial charge is 0.294 e. The van der Waals surface area contributed by atoms with E-state index in [0.717, 1.165) is 12.1 Å². The fourth-order valence-corrected chi connectivity index (χ4v) is 2.82. The van der Waals surface area contributed by atoms with Gasteiger partial charge in [0.25, 0.3) is 5.56 Å². The van der Waals surface area contributed by atoms with Gasteiger partial charge in [-0.05, 0) is 24.1 Å². The predicted molar refractivity (Wildman–Crippen MR) is 91.5 cm³/mol. The number of hydrogen-bond acceptors (Lipinski definition) is 3. The molecular formula is C18H12ClF3N2O2. The highest BCUT2D eigenvalue weighted by Crippen LogP contribution is 2.29. The van der Waals surface area contributed by atoms with Gasteiger partial charge in [-0.2, -0.15) is 18.3 Å². The number of halogens is 4. The van der Waals surface area contributed by atoms with Crippen molar-refractivity contribution in [3.63, 3.8) is 0 Å². The van der Waals surface area contributed by atoms with Crippen molar-refractivity contribution in [1.82, 2.24) is 10.2 Å². The van der Waals surface area contributed by atoms with E-state index in [1.54, 1.807) is 6.07 Å². The first-order valence-corrected chi connectivity index (χ1v) is 8.01. The quantitative estimate of drug-likeness (QED) is 0.682. The van der Waals surface area contributed by atoms with Gasteiger partial charge in [0, 0.05) is 17.4 Å². The number of carbonyl (C=O) groups is 1. The average molecular weight is 381 g/mol. The molecular weight excluding hydrogens is 369 g/mol. The first kappa shape index (κ1) is 18.1. The number of nitrogens with zero attached hydrogens (tertiary/aromatic N) is 1. The minimum Gasteiger partial charge on any atom is -0.294 e. The van der Waals surface area contributed by atoms with Crippen molar-refractivity contribution in [1.29, 1.82) is 0 Å². The maximum absolute atomic E-state index is 12.7. The molecule has 26 heavy (non-hydrogen) atoms. The lowest BCUT2D eigenvalue weighted by molar-refractivity contribution is -0.137. The van der Waals surface area contributed by atoms with E-state index in [4.69, 9.17) is 11.6 Å². The van der Waals surface area contributed by atoms with Crippen molar-refractivity contribution in [2.75, 3.05) is 0 Å². The van der Waals surface area contributed by atoms with Crippen LogP contribution in [0.1, 0.15) is 27.9 Å². The average Bonchev–Trinajstić information content (AvgIpc) is 2.62. The Morgan fingerprint density at radius 3 is 2.62 bits per heavy atom. The highest BCUT2D eigenvalue weighted by atomic mass is 35.5. The second-order valence-corrected chi connectivity index (χ2v) is 6.08. The summed E-state index contributed by atoms with van der Waals surface area (Å²) in [6.07, 6.45) is -4.25. The van der Waals surface area contributed by atoms with Crippen LogP contribution < -0.4 is 5.56 Å². The number of aryl methyl sites for hydroxylation is 1. The molecule has 8 heteroatoms. The van der Waals surface area contributed by atoms with Crippen LogP contribution in [0.3, 0.4) is 0 Å². The number of aromatic amines is 1. The Kier molecular flexibility index (Phi) is 4.82. The second-order valence-electron chi connectivity index (χ2n) is 5.73. The third-order valence-electron chi connectivity index (χ3n) is 3.96. The minimum absolute atomic E-state index is 0.0174. The van der Waals surface area contributed by atoms with Crippen molar-refractivity contribution in [3.8, 4) is 0 Å². The summed E-state index contributed by atoms with van der Waals surface area (Å²) >= 11 is 5.90. The molecule has 1 aromatic heterocycles. The number of aromatic nitrogens is 2. The van der Waals surface area contributed by atoms with Crippen LogP contribution in [-0.4, -0.2) is 16.0 Å². The van der Waals surface area contributed by atoms with Gasteiger partial charge in [-0.1, -0.05) is 41.9 Å². The number of Topliss-reactive ketones (excluding diaryl/α,β-unsaturated/α-hetero) is 1. The van der Waals surface area contributed by atoms with Gasteiger partial charge in [-0.25, -0.2) is 5.10 Å². The van der Waals surface area contributed by atoms with Gasteiger partial charge in [0.15, 0.2) is 10.9 Å². The molecule has 0 fully saturated rings. The van der Waals surface area contributed by atoms with Crippen molar-refractivity contribution < 1.29 is 18.0 Å². The molecule has 0 spiro atoms. The zero-order valence-electron chi connectivity index (χ0n) is 13.2. The van der Waals surface area contributed by atoms with Crippen LogP contribution in [0.5, 0.6) is 0 Å². The Morgan fingerprint density at radius 2 is 1.88 bits per heavy atom. The van der Waals surface area contributed by atoms with Crippen LogP contribution in [0.4, 0.5) is 13.2 Å². The van der Waals surface area contributed by atoms with E-state index in [9.17, 15) is 22.8 Å². The molecule has 0 bridgehead atoms. The molecule has 0 unspecified atom stereocenters. The summed E-state index contributed by atoms with van der Waals surface area (Å²) < 4.78 is 38.2. The SMILES string of the molecule is O=C(CCc1cccc(C(F)(F)F)c1)c1ccc2c(Cl)n[nH]c(=O)c2c1. The van der Waals surface area contributed by atoms with Gasteiger partial charge >= 0.3 is 6.18 Å². The molecule has 0 amide bonds. The molecule has 0 aliphatic heterocycles. The number of carbonyl (C=O) groups excluding carboxylic acids is 1. The van der Waals surface area contributed by atoms with Gasteiger partial charge in [-0.3, -0.25) is 9.59 Å².